The van der Waals surface area contributed by atoms with E-state index in [1.54, 1.807) is 4.90 Å². The lowest BCUT2D eigenvalue weighted by atomic mass is 9.94. The van der Waals surface area contributed by atoms with Gasteiger partial charge in [0.1, 0.15) is 18.5 Å². The van der Waals surface area contributed by atoms with Crippen LogP contribution in [0.1, 0.15) is 47.2 Å². The number of benzene rings is 3. The highest BCUT2D eigenvalue weighted by atomic mass is 16.6. The molecule has 0 aliphatic carbocycles. The second-order valence-corrected chi connectivity index (χ2v) is 8.96. The Balaban J connectivity index is 1.28. The van der Waals surface area contributed by atoms with Crippen molar-refractivity contribution in [3.63, 3.8) is 0 Å². The Hall–Kier alpha value is -4.06. The molecule has 0 saturated carbocycles. The lowest BCUT2D eigenvalue weighted by Gasteiger charge is -2.30. The van der Waals surface area contributed by atoms with Crippen LogP contribution < -0.4 is 5.73 Å². The van der Waals surface area contributed by atoms with Crippen molar-refractivity contribution in [3.05, 3.63) is 119 Å². The van der Waals surface area contributed by atoms with Gasteiger partial charge < -0.3 is 15.4 Å². The molecule has 1 aromatic heterocycles. The summed E-state index contributed by atoms with van der Waals surface area (Å²) in [4.78, 5) is 14.3. The summed E-state index contributed by atoms with van der Waals surface area (Å²) >= 11 is 0. The van der Waals surface area contributed by atoms with E-state index in [2.05, 4.69) is 24.3 Å². The topological polar surface area (TPSA) is 73.4 Å². The summed E-state index contributed by atoms with van der Waals surface area (Å²) < 4.78 is 7.44. The highest BCUT2D eigenvalue weighted by Gasteiger charge is 2.28. The molecule has 0 bridgehead atoms. The first kappa shape index (κ1) is 22.7. The molecule has 1 saturated heterocycles. The molecule has 0 spiro atoms. The van der Waals surface area contributed by atoms with Crippen LogP contribution in [-0.2, 0) is 11.3 Å². The predicted molar refractivity (Wildman–Crippen MR) is 137 cm³/mol. The highest BCUT2D eigenvalue weighted by Crippen LogP contribution is 2.33. The summed E-state index contributed by atoms with van der Waals surface area (Å²) in [6, 6.07) is 32.3. The van der Waals surface area contributed by atoms with Gasteiger partial charge in [-0.05, 0) is 29.5 Å². The maximum atomic E-state index is 12.5. The van der Waals surface area contributed by atoms with Crippen molar-refractivity contribution in [2.75, 3.05) is 18.8 Å². The molecule has 6 heteroatoms. The van der Waals surface area contributed by atoms with Gasteiger partial charge in [-0.25, -0.2) is 9.48 Å². The van der Waals surface area contributed by atoms with Gasteiger partial charge in [-0.1, -0.05) is 91.0 Å². The van der Waals surface area contributed by atoms with Gasteiger partial charge in [-0.3, -0.25) is 0 Å². The number of likely N-dealkylation sites (tertiary alicyclic amines) is 1. The van der Waals surface area contributed by atoms with E-state index in [0.29, 0.717) is 25.5 Å². The van der Waals surface area contributed by atoms with E-state index in [0.717, 1.165) is 35.2 Å². The third-order valence-corrected chi connectivity index (χ3v) is 6.64. The van der Waals surface area contributed by atoms with Crippen LogP contribution in [0.3, 0.4) is 0 Å². The fourth-order valence-electron chi connectivity index (χ4n) is 4.75. The molecular weight excluding hydrogens is 436 g/mol. The van der Waals surface area contributed by atoms with Crippen molar-refractivity contribution < 1.29 is 9.53 Å². The second-order valence-electron chi connectivity index (χ2n) is 8.96. The maximum Gasteiger partial charge on any atom is 0.410 e. The number of ether oxygens (including phenoxy) is 1. The third kappa shape index (κ3) is 5.22. The molecular formula is C29H30N4O2. The van der Waals surface area contributed by atoms with Gasteiger partial charge >= 0.3 is 6.09 Å². The van der Waals surface area contributed by atoms with Crippen molar-refractivity contribution in [1.82, 2.24) is 14.7 Å². The Morgan fingerprint density at radius 3 is 2.00 bits per heavy atom. The Morgan fingerprint density at radius 1 is 0.886 bits per heavy atom. The number of hydrogen-bond donors (Lipinski definition) is 1. The Labute approximate surface area is 205 Å². The quantitative estimate of drug-likeness (QED) is 0.400. The van der Waals surface area contributed by atoms with Crippen molar-refractivity contribution in [2.24, 2.45) is 0 Å². The number of anilines is 1. The van der Waals surface area contributed by atoms with E-state index in [9.17, 15) is 4.79 Å². The van der Waals surface area contributed by atoms with Crippen LogP contribution in [0.2, 0.25) is 0 Å². The van der Waals surface area contributed by atoms with Crippen LogP contribution in [0.4, 0.5) is 10.6 Å². The number of amides is 1. The van der Waals surface area contributed by atoms with E-state index in [1.807, 2.05) is 77.5 Å². The minimum atomic E-state index is -0.259. The number of rotatable bonds is 6. The number of carbonyl (C=O) groups is 1. The molecule has 0 unspecified atom stereocenters. The fraction of sp³-hybridized carbons (Fsp3) is 0.241. The first-order valence-corrected chi connectivity index (χ1v) is 12.1. The van der Waals surface area contributed by atoms with Gasteiger partial charge in [0.25, 0.3) is 0 Å². The van der Waals surface area contributed by atoms with Gasteiger partial charge in [-0.15, -0.1) is 0 Å². The molecule has 2 N–H and O–H groups in total. The number of nitrogen functional groups attached to an aromatic ring is 1. The van der Waals surface area contributed by atoms with Crippen molar-refractivity contribution in [2.45, 2.75) is 31.4 Å². The molecule has 5 rings (SSSR count). The fourth-order valence-corrected chi connectivity index (χ4v) is 4.75. The Kier molecular flexibility index (Phi) is 6.80. The second kappa shape index (κ2) is 10.5. The Morgan fingerprint density at radius 2 is 1.43 bits per heavy atom. The molecule has 6 nitrogen and oxygen atoms in total. The Bertz CT molecular complexity index is 1190. The SMILES string of the molecule is Nc1cc(C2CCN(C(=O)OCc3ccccc3)CC2)nn1C(c1ccccc1)c1ccccc1. The average Bonchev–Trinajstić information content (AvgIpc) is 3.30. The predicted octanol–water partition coefficient (Wildman–Crippen LogP) is 5.62. The summed E-state index contributed by atoms with van der Waals surface area (Å²) in [7, 11) is 0. The highest BCUT2D eigenvalue weighted by molar-refractivity contribution is 5.67. The molecule has 1 amide bonds. The largest absolute Gasteiger partial charge is 0.445 e. The average molecular weight is 467 g/mol. The zero-order valence-corrected chi connectivity index (χ0v) is 19.7. The number of aromatic nitrogens is 2. The summed E-state index contributed by atoms with van der Waals surface area (Å²) in [5.74, 6) is 0.895. The molecule has 1 fully saturated rings. The molecule has 178 valence electrons. The van der Waals surface area contributed by atoms with E-state index >= 15 is 0 Å². The zero-order valence-electron chi connectivity index (χ0n) is 19.7. The lowest BCUT2D eigenvalue weighted by molar-refractivity contribution is 0.0868. The smallest absolute Gasteiger partial charge is 0.410 e. The van der Waals surface area contributed by atoms with Crippen LogP contribution in [0.25, 0.3) is 0 Å². The van der Waals surface area contributed by atoms with Gasteiger partial charge in [0, 0.05) is 25.1 Å². The van der Waals surface area contributed by atoms with E-state index in [1.165, 1.54) is 0 Å². The monoisotopic (exact) mass is 466 g/mol. The lowest BCUT2D eigenvalue weighted by Crippen LogP contribution is -2.38. The first-order chi connectivity index (χ1) is 17.2. The molecule has 1 aliphatic rings. The summed E-state index contributed by atoms with van der Waals surface area (Å²) in [5.41, 5.74) is 10.8. The van der Waals surface area contributed by atoms with E-state index in [4.69, 9.17) is 15.6 Å². The molecule has 3 aromatic carbocycles. The van der Waals surface area contributed by atoms with Gasteiger partial charge in [0.15, 0.2) is 0 Å². The van der Waals surface area contributed by atoms with E-state index < -0.39 is 0 Å². The van der Waals surface area contributed by atoms with Crippen LogP contribution in [0.5, 0.6) is 0 Å². The number of nitrogens with zero attached hydrogens (tertiary/aromatic N) is 3. The van der Waals surface area contributed by atoms with Gasteiger partial charge in [-0.2, -0.15) is 5.10 Å². The van der Waals surface area contributed by atoms with Crippen molar-refractivity contribution >= 4 is 11.9 Å². The third-order valence-electron chi connectivity index (χ3n) is 6.64. The normalized spacial score (nSPS) is 14.3. The molecule has 4 aromatic rings. The van der Waals surface area contributed by atoms with Crippen LogP contribution in [0, 0.1) is 0 Å². The zero-order chi connectivity index (χ0) is 24.0. The summed E-state index contributed by atoms with van der Waals surface area (Å²) in [6.07, 6.45) is 1.40. The van der Waals surface area contributed by atoms with Crippen molar-refractivity contribution in [1.29, 1.82) is 0 Å². The molecule has 2 heterocycles. The standard InChI is InChI=1S/C29H30N4O2/c30-27-20-26(23-16-18-32(19-17-23)29(34)35-21-22-10-4-1-5-11-22)31-33(27)28(24-12-6-2-7-13-24)25-14-8-3-9-15-25/h1-15,20,23,28H,16-19,21,30H2. The number of piperidine rings is 1. The van der Waals surface area contributed by atoms with Crippen molar-refractivity contribution in [3.8, 4) is 0 Å². The molecule has 0 radical (unpaired) electrons. The molecule has 0 atom stereocenters. The summed E-state index contributed by atoms with van der Waals surface area (Å²) in [5, 5.41) is 4.99. The number of nitrogens with two attached hydrogens (primary N) is 1. The summed E-state index contributed by atoms with van der Waals surface area (Å²) in [6.45, 7) is 1.58. The van der Waals surface area contributed by atoms with Crippen LogP contribution >= 0.6 is 0 Å². The van der Waals surface area contributed by atoms with Gasteiger partial charge in [0.2, 0.25) is 0 Å². The molecule has 1 aliphatic heterocycles. The van der Waals surface area contributed by atoms with Gasteiger partial charge in [0.05, 0.1) is 5.69 Å². The number of hydrogen-bond acceptors (Lipinski definition) is 4. The minimum Gasteiger partial charge on any atom is -0.445 e. The minimum absolute atomic E-state index is 0.0980. The maximum absolute atomic E-state index is 12.5. The van der Waals surface area contributed by atoms with Crippen LogP contribution in [-0.4, -0.2) is 33.9 Å². The molecule has 35 heavy (non-hydrogen) atoms. The first-order valence-electron chi connectivity index (χ1n) is 12.1. The van der Waals surface area contributed by atoms with Crippen LogP contribution in [0.15, 0.2) is 97.1 Å². The van der Waals surface area contributed by atoms with E-state index in [-0.39, 0.29) is 18.1 Å². The number of carbonyl (C=O) groups excluding carboxylic acids is 1.